The fraction of sp³-hybridized carbons (Fsp3) is 0.261. The molecule has 0 aliphatic heterocycles. The predicted octanol–water partition coefficient (Wildman–Crippen LogP) is 6.12. The van der Waals surface area contributed by atoms with Crippen molar-refractivity contribution in [1.82, 2.24) is 4.57 Å². The number of ether oxygens (including phenoxy) is 1. The Morgan fingerprint density at radius 2 is 1.67 bits per heavy atom. The van der Waals surface area contributed by atoms with Gasteiger partial charge in [0.05, 0.1) is 5.56 Å². The minimum Gasteiger partial charge on any atom is -0.456 e. The molecule has 0 fully saturated rings. The number of hydrogen-bond acceptors (Lipinski definition) is 2. The van der Waals surface area contributed by atoms with Crippen molar-refractivity contribution < 1.29 is 9.53 Å². The zero-order valence-electron chi connectivity index (χ0n) is 16.1. The fourth-order valence-electron chi connectivity index (χ4n) is 3.04. The van der Waals surface area contributed by atoms with Gasteiger partial charge in [-0.05, 0) is 51.0 Å². The normalized spacial score (nSPS) is 11.4. The summed E-state index contributed by atoms with van der Waals surface area (Å²) in [5.74, 6) is -0.309. The molecule has 0 saturated carbocycles. The Balaban J connectivity index is 2.08. The summed E-state index contributed by atoms with van der Waals surface area (Å²) in [5.41, 5.74) is 3.90. The molecule has 3 rings (SSSR count). The van der Waals surface area contributed by atoms with Crippen LogP contribution in [0.3, 0.4) is 0 Å². The molecule has 27 heavy (non-hydrogen) atoms. The van der Waals surface area contributed by atoms with Gasteiger partial charge >= 0.3 is 5.97 Å². The molecule has 0 amide bonds. The van der Waals surface area contributed by atoms with E-state index in [1.807, 2.05) is 76.4 Å². The SMILES string of the molecule is Cc1c(C(=O)OC(C)(C)C)c(-c2ccc(Cl)cc2)cn1Cc1ccccc1. The van der Waals surface area contributed by atoms with Crippen molar-refractivity contribution in [2.24, 2.45) is 0 Å². The highest BCUT2D eigenvalue weighted by Crippen LogP contribution is 2.31. The van der Waals surface area contributed by atoms with Gasteiger partial charge in [0, 0.05) is 29.0 Å². The van der Waals surface area contributed by atoms with Crippen molar-refractivity contribution in [2.75, 3.05) is 0 Å². The van der Waals surface area contributed by atoms with Crippen molar-refractivity contribution in [3.8, 4) is 11.1 Å². The Morgan fingerprint density at radius 3 is 2.26 bits per heavy atom. The van der Waals surface area contributed by atoms with E-state index in [4.69, 9.17) is 16.3 Å². The predicted molar refractivity (Wildman–Crippen MR) is 110 cm³/mol. The highest BCUT2D eigenvalue weighted by Gasteiger charge is 2.25. The number of aromatic nitrogens is 1. The molecule has 0 atom stereocenters. The molecule has 0 aliphatic carbocycles. The molecule has 1 heterocycles. The van der Waals surface area contributed by atoms with Crippen molar-refractivity contribution in [2.45, 2.75) is 39.8 Å². The third-order valence-electron chi connectivity index (χ3n) is 4.30. The summed E-state index contributed by atoms with van der Waals surface area (Å²) in [6.07, 6.45) is 2.02. The summed E-state index contributed by atoms with van der Waals surface area (Å²) in [4.78, 5) is 12.9. The molecule has 140 valence electrons. The Bertz CT molecular complexity index is 935. The molecule has 0 radical (unpaired) electrons. The van der Waals surface area contributed by atoms with E-state index >= 15 is 0 Å². The Hall–Kier alpha value is -2.52. The minimum absolute atomic E-state index is 0.309. The van der Waals surface area contributed by atoms with Crippen molar-refractivity contribution in [3.05, 3.63) is 82.6 Å². The van der Waals surface area contributed by atoms with Gasteiger partial charge in [0.25, 0.3) is 0 Å². The first-order chi connectivity index (χ1) is 12.7. The smallest absolute Gasteiger partial charge is 0.341 e. The van der Waals surface area contributed by atoms with Crippen molar-refractivity contribution in [3.63, 3.8) is 0 Å². The first-order valence-corrected chi connectivity index (χ1v) is 9.35. The summed E-state index contributed by atoms with van der Waals surface area (Å²) in [7, 11) is 0. The van der Waals surface area contributed by atoms with E-state index in [0.29, 0.717) is 17.1 Å². The molecule has 0 saturated heterocycles. The first kappa shape index (κ1) is 19.2. The van der Waals surface area contributed by atoms with Gasteiger partial charge in [-0.25, -0.2) is 4.79 Å². The Morgan fingerprint density at radius 1 is 1.04 bits per heavy atom. The molecule has 3 nitrogen and oxygen atoms in total. The highest BCUT2D eigenvalue weighted by atomic mass is 35.5. The van der Waals surface area contributed by atoms with Gasteiger partial charge < -0.3 is 9.30 Å². The molecular formula is C23H24ClNO2. The number of hydrogen-bond donors (Lipinski definition) is 0. The van der Waals surface area contributed by atoms with Crippen LogP contribution in [0, 0.1) is 6.92 Å². The zero-order chi connectivity index (χ0) is 19.6. The molecule has 1 aromatic heterocycles. The van der Waals surface area contributed by atoms with E-state index in [-0.39, 0.29) is 5.97 Å². The third-order valence-corrected chi connectivity index (χ3v) is 4.55. The van der Waals surface area contributed by atoms with Crippen LogP contribution in [-0.2, 0) is 11.3 Å². The van der Waals surface area contributed by atoms with Crippen molar-refractivity contribution in [1.29, 1.82) is 0 Å². The van der Waals surface area contributed by atoms with Gasteiger partial charge in [-0.15, -0.1) is 0 Å². The first-order valence-electron chi connectivity index (χ1n) is 8.97. The number of carbonyl (C=O) groups excluding carboxylic acids is 1. The van der Waals surface area contributed by atoms with Crippen LogP contribution in [-0.4, -0.2) is 16.1 Å². The van der Waals surface area contributed by atoms with Crippen LogP contribution in [0.5, 0.6) is 0 Å². The molecule has 0 spiro atoms. The summed E-state index contributed by atoms with van der Waals surface area (Å²) >= 11 is 6.04. The topological polar surface area (TPSA) is 31.2 Å². The lowest BCUT2D eigenvalue weighted by Gasteiger charge is -2.20. The average Bonchev–Trinajstić information content (AvgIpc) is 2.91. The van der Waals surface area contributed by atoms with E-state index in [1.54, 1.807) is 0 Å². The summed E-state index contributed by atoms with van der Waals surface area (Å²) in [6, 6.07) is 17.7. The van der Waals surface area contributed by atoms with Gasteiger partial charge in [-0.3, -0.25) is 0 Å². The lowest BCUT2D eigenvalue weighted by Crippen LogP contribution is -2.24. The van der Waals surface area contributed by atoms with E-state index in [0.717, 1.165) is 16.8 Å². The number of rotatable bonds is 4. The van der Waals surface area contributed by atoms with Gasteiger partial charge in [-0.1, -0.05) is 54.1 Å². The van der Waals surface area contributed by atoms with Crippen LogP contribution in [0.1, 0.15) is 42.4 Å². The van der Waals surface area contributed by atoms with Crippen LogP contribution in [0.4, 0.5) is 0 Å². The van der Waals surface area contributed by atoms with E-state index in [9.17, 15) is 4.79 Å². The van der Waals surface area contributed by atoms with Gasteiger partial charge in [-0.2, -0.15) is 0 Å². The van der Waals surface area contributed by atoms with Crippen LogP contribution in [0.2, 0.25) is 5.02 Å². The third kappa shape index (κ3) is 4.61. The van der Waals surface area contributed by atoms with Gasteiger partial charge in [0.15, 0.2) is 0 Å². The lowest BCUT2D eigenvalue weighted by molar-refractivity contribution is 0.00695. The van der Waals surface area contributed by atoms with Gasteiger partial charge in [0.1, 0.15) is 5.60 Å². The van der Waals surface area contributed by atoms with E-state index < -0.39 is 5.60 Å². The second kappa shape index (κ2) is 7.61. The summed E-state index contributed by atoms with van der Waals surface area (Å²) < 4.78 is 7.77. The average molecular weight is 382 g/mol. The van der Waals surface area contributed by atoms with Crippen LogP contribution < -0.4 is 0 Å². The summed E-state index contributed by atoms with van der Waals surface area (Å²) in [6.45, 7) is 8.28. The monoisotopic (exact) mass is 381 g/mol. The van der Waals surface area contributed by atoms with Crippen LogP contribution in [0.15, 0.2) is 60.8 Å². The zero-order valence-corrected chi connectivity index (χ0v) is 16.9. The molecular weight excluding hydrogens is 358 g/mol. The maximum Gasteiger partial charge on any atom is 0.341 e. The molecule has 0 unspecified atom stereocenters. The quantitative estimate of drug-likeness (QED) is 0.509. The largest absolute Gasteiger partial charge is 0.456 e. The second-order valence-corrected chi connectivity index (χ2v) is 8.06. The Kier molecular flexibility index (Phi) is 5.43. The van der Waals surface area contributed by atoms with Crippen molar-refractivity contribution >= 4 is 17.6 Å². The number of esters is 1. The van der Waals surface area contributed by atoms with E-state index in [2.05, 4.69) is 16.7 Å². The Labute approximate surface area is 165 Å². The second-order valence-electron chi connectivity index (χ2n) is 7.63. The standard InChI is InChI=1S/C23H24ClNO2/c1-16-21(22(26)27-23(2,3)4)20(18-10-12-19(24)13-11-18)15-25(16)14-17-8-6-5-7-9-17/h5-13,15H,14H2,1-4H3. The molecule has 0 aliphatic rings. The van der Waals surface area contributed by atoms with Gasteiger partial charge in [0.2, 0.25) is 0 Å². The lowest BCUT2D eigenvalue weighted by atomic mass is 10.0. The van der Waals surface area contributed by atoms with E-state index in [1.165, 1.54) is 5.56 Å². The molecule has 0 N–H and O–H groups in total. The molecule has 4 heteroatoms. The maximum absolute atomic E-state index is 12.9. The number of nitrogens with zero attached hydrogens (tertiary/aromatic N) is 1. The number of benzene rings is 2. The number of carbonyl (C=O) groups is 1. The highest BCUT2D eigenvalue weighted by molar-refractivity contribution is 6.30. The maximum atomic E-state index is 12.9. The van der Waals surface area contributed by atoms with Crippen LogP contribution >= 0.6 is 11.6 Å². The van der Waals surface area contributed by atoms with Crippen LogP contribution in [0.25, 0.3) is 11.1 Å². The molecule has 3 aromatic rings. The fourth-order valence-corrected chi connectivity index (χ4v) is 3.16. The summed E-state index contributed by atoms with van der Waals surface area (Å²) in [5, 5.41) is 0.665. The molecule has 0 bridgehead atoms. The molecule has 2 aromatic carbocycles. The minimum atomic E-state index is -0.553. The number of halogens is 1.